The fourth-order valence-electron chi connectivity index (χ4n) is 2.38. The monoisotopic (exact) mass is 265 g/mol. The molecule has 0 spiro atoms. The van der Waals surface area contributed by atoms with Crippen molar-refractivity contribution in [2.75, 3.05) is 37.8 Å². The third-order valence-electron chi connectivity index (χ3n) is 3.62. The van der Waals surface area contributed by atoms with Gasteiger partial charge in [-0.25, -0.2) is 4.98 Å². The predicted molar refractivity (Wildman–Crippen MR) is 74.2 cm³/mol. The maximum absolute atomic E-state index is 10.8. The average molecular weight is 265 g/mol. The summed E-state index contributed by atoms with van der Waals surface area (Å²) in [5.74, 6) is 0.755. The predicted octanol–water partition coefficient (Wildman–Crippen LogP) is 1.10. The number of pyridine rings is 1. The van der Waals surface area contributed by atoms with E-state index in [1.165, 1.54) is 12.1 Å². The maximum atomic E-state index is 10.8. The lowest BCUT2D eigenvalue weighted by atomic mass is 10.0. The smallest absolute Gasteiger partial charge is 0.276 e. The standard InChI is InChI=1S/C12H19N5O2/c1-15-5-3-9(4-6-15)16(2)12-8-10(17(18)19)7-11(13)14-12/h7-9H,3-6H2,1-2H3,(H2,13,14). The Hall–Kier alpha value is -1.89. The Bertz CT molecular complexity index is 471. The molecule has 0 unspecified atom stereocenters. The second kappa shape index (κ2) is 5.40. The molecular formula is C12H19N5O2. The van der Waals surface area contributed by atoms with Crippen LogP contribution in [-0.4, -0.2) is 48.0 Å². The van der Waals surface area contributed by atoms with Gasteiger partial charge in [-0.05, 0) is 33.0 Å². The van der Waals surface area contributed by atoms with Gasteiger partial charge in [-0.2, -0.15) is 0 Å². The van der Waals surface area contributed by atoms with Crippen molar-refractivity contribution in [2.45, 2.75) is 18.9 Å². The second-order valence-corrected chi connectivity index (χ2v) is 5.01. The highest BCUT2D eigenvalue weighted by Gasteiger charge is 2.23. The van der Waals surface area contributed by atoms with Crippen LogP contribution in [0.2, 0.25) is 0 Å². The zero-order valence-corrected chi connectivity index (χ0v) is 11.2. The highest BCUT2D eigenvalue weighted by Crippen LogP contribution is 2.25. The van der Waals surface area contributed by atoms with Crippen LogP contribution >= 0.6 is 0 Å². The number of nitro groups is 1. The van der Waals surface area contributed by atoms with Crippen LogP contribution in [-0.2, 0) is 0 Å². The van der Waals surface area contributed by atoms with E-state index in [-0.39, 0.29) is 11.5 Å². The fourth-order valence-corrected chi connectivity index (χ4v) is 2.38. The molecule has 7 nitrogen and oxygen atoms in total. The van der Waals surface area contributed by atoms with Gasteiger partial charge in [0.25, 0.3) is 5.69 Å². The lowest BCUT2D eigenvalue weighted by molar-refractivity contribution is -0.384. The van der Waals surface area contributed by atoms with Gasteiger partial charge >= 0.3 is 0 Å². The molecule has 1 aliphatic heterocycles. The van der Waals surface area contributed by atoms with Crippen molar-refractivity contribution in [3.8, 4) is 0 Å². The van der Waals surface area contributed by atoms with E-state index in [0.29, 0.717) is 11.9 Å². The molecule has 2 N–H and O–H groups in total. The van der Waals surface area contributed by atoms with Crippen molar-refractivity contribution in [1.29, 1.82) is 0 Å². The lowest BCUT2D eigenvalue weighted by Crippen LogP contribution is -2.42. The van der Waals surface area contributed by atoms with Gasteiger partial charge in [0.05, 0.1) is 17.1 Å². The molecular weight excluding hydrogens is 246 g/mol. The lowest BCUT2D eigenvalue weighted by Gasteiger charge is -2.35. The minimum atomic E-state index is -0.440. The van der Waals surface area contributed by atoms with Crippen molar-refractivity contribution in [3.63, 3.8) is 0 Å². The SMILES string of the molecule is CN1CCC(N(C)c2cc([N+](=O)[O-])cc(N)n2)CC1. The molecule has 0 bridgehead atoms. The van der Waals surface area contributed by atoms with E-state index in [2.05, 4.69) is 16.9 Å². The highest BCUT2D eigenvalue weighted by atomic mass is 16.6. The molecule has 1 aliphatic rings. The number of anilines is 2. The molecule has 19 heavy (non-hydrogen) atoms. The van der Waals surface area contributed by atoms with Crippen LogP contribution in [0, 0.1) is 10.1 Å². The Balaban J connectivity index is 2.18. The van der Waals surface area contributed by atoms with Gasteiger partial charge in [0.15, 0.2) is 0 Å². The van der Waals surface area contributed by atoms with Crippen LogP contribution in [0.5, 0.6) is 0 Å². The van der Waals surface area contributed by atoms with Crippen LogP contribution in [0.1, 0.15) is 12.8 Å². The summed E-state index contributed by atoms with van der Waals surface area (Å²) >= 11 is 0. The second-order valence-electron chi connectivity index (χ2n) is 5.01. The van der Waals surface area contributed by atoms with E-state index in [9.17, 15) is 10.1 Å². The van der Waals surface area contributed by atoms with E-state index in [0.717, 1.165) is 25.9 Å². The van der Waals surface area contributed by atoms with Gasteiger partial charge < -0.3 is 15.5 Å². The quantitative estimate of drug-likeness (QED) is 0.650. The van der Waals surface area contributed by atoms with E-state index in [1.807, 2.05) is 11.9 Å². The molecule has 7 heteroatoms. The molecule has 0 saturated carbocycles. The molecule has 2 rings (SSSR count). The summed E-state index contributed by atoms with van der Waals surface area (Å²) in [7, 11) is 4.02. The van der Waals surface area contributed by atoms with Gasteiger partial charge in [0, 0.05) is 13.1 Å². The normalized spacial score (nSPS) is 17.4. The largest absolute Gasteiger partial charge is 0.383 e. The zero-order valence-electron chi connectivity index (χ0n) is 11.2. The van der Waals surface area contributed by atoms with E-state index >= 15 is 0 Å². The van der Waals surface area contributed by atoms with Gasteiger partial charge in [0.2, 0.25) is 0 Å². The van der Waals surface area contributed by atoms with Gasteiger partial charge in [-0.15, -0.1) is 0 Å². The molecule has 2 heterocycles. The number of hydrogen-bond acceptors (Lipinski definition) is 6. The first kappa shape index (κ1) is 13.5. The summed E-state index contributed by atoms with van der Waals surface area (Å²) < 4.78 is 0. The molecule has 0 amide bonds. The minimum absolute atomic E-state index is 0.0118. The summed E-state index contributed by atoms with van der Waals surface area (Å²) in [4.78, 5) is 18.9. The fraction of sp³-hybridized carbons (Fsp3) is 0.583. The summed E-state index contributed by atoms with van der Waals surface area (Å²) in [6, 6.07) is 3.12. The summed E-state index contributed by atoms with van der Waals surface area (Å²) in [5, 5.41) is 10.8. The van der Waals surface area contributed by atoms with Crippen molar-refractivity contribution < 1.29 is 4.92 Å². The zero-order chi connectivity index (χ0) is 14.0. The summed E-state index contributed by atoms with van der Waals surface area (Å²) in [6.45, 7) is 2.05. The number of rotatable bonds is 3. The Kier molecular flexibility index (Phi) is 3.84. The van der Waals surface area contributed by atoms with E-state index in [4.69, 9.17) is 5.73 Å². The molecule has 0 atom stereocenters. The summed E-state index contributed by atoms with van der Waals surface area (Å²) in [5.41, 5.74) is 5.62. The average Bonchev–Trinajstić information content (AvgIpc) is 2.38. The van der Waals surface area contributed by atoms with Gasteiger partial charge in [-0.1, -0.05) is 0 Å². The number of hydrogen-bond donors (Lipinski definition) is 1. The Morgan fingerprint density at radius 1 is 1.47 bits per heavy atom. The van der Waals surface area contributed by atoms with E-state index < -0.39 is 4.92 Å². The number of aromatic nitrogens is 1. The molecule has 0 aromatic carbocycles. The number of likely N-dealkylation sites (tertiary alicyclic amines) is 1. The van der Waals surface area contributed by atoms with Crippen LogP contribution in [0.25, 0.3) is 0 Å². The Morgan fingerprint density at radius 2 is 2.11 bits per heavy atom. The maximum Gasteiger partial charge on any atom is 0.276 e. The molecule has 1 aromatic heterocycles. The number of nitrogen functional groups attached to an aromatic ring is 1. The van der Waals surface area contributed by atoms with Gasteiger partial charge in [-0.3, -0.25) is 10.1 Å². The molecule has 1 fully saturated rings. The number of piperidine rings is 1. The number of nitrogens with two attached hydrogens (primary N) is 1. The first-order valence-electron chi connectivity index (χ1n) is 6.30. The van der Waals surface area contributed by atoms with Crippen LogP contribution in [0.4, 0.5) is 17.3 Å². The van der Waals surface area contributed by atoms with Crippen molar-refractivity contribution in [3.05, 3.63) is 22.2 Å². The molecule has 0 radical (unpaired) electrons. The number of nitrogens with zero attached hydrogens (tertiary/aromatic N) is 4. The van der Waals surface area contributed by atoms with Crippen LogP contribution in [0.15, 0.2) is 12.1 Å². The van der Waals surface area contributed by atoms with Crippen LogP contribution in [0.3, 0.4) is 0 Å². The third-order valence-corrected chi connectivity index (χ3v) is 3.62. The first-order valence-corrected chi connectivity index (χ1v) is 6.30. The molecule has 0 aliphatic carbocycles. The van der Waals surface area contributed by atoms with Crippen molar-refractivity contribution >= 4 is 17.3 Å². The summed E-state index contributed by atoms with van der Waals surface area (Å²) in [6.07, 6.45) is 2.05. The van der Waals surface area contributed by atoms with Crippen molar-refractivity contribution in [2.24, 2.45) is 0 Å². The molecule has 104 valence electrons. The van der Waals surface area contributed by atoms with Crippen molar-refractivity contribution in [1.82, 2.24) is 9.88 Å². The van der Waals surface area contributed by atoms with E-state index in [1.54, 1.807) is 0 Å². The third kappa shape index (κ3) is 3.11. The van der Waals surface area contributed by atoms with Crippen LogP contribution < -0.4 is 10.6 Å². The van der Waals surface area contributed by atoms with Gasteiger partial charge in [0.1, 0.15) is 11.6 Å². The molecule has 1 aromatic rings. The Labute approximate surface area is 112 Å². The molecule has 1 saturated heterocycles. The topological polar surface area (TPSA) is 88.5 Å². The highest BCUT2D eigenvalue weighted by molar-refractivity contribution is 5.54. The first-order chi connectivity index (χ1) is 8.97. The minimum Gasteiger partial charge on any atom is -0.383 e. The Morgan fingerprint density at radius 3 is 2.68 bits per heavy atom.